The standard InChI is InChI=1S/C43H55N7O5/c1-6-25(3)21-38(51)44-19-9-8-12-37-45-24-33(46-37)27-13-14-28-22-31-29-15-17-32-40(30(29)16-18-35(31)55-36(28)23-27)48-41(47-32)34-11-10-20-50(34)42(52)39(26(4)7-2)49-43(53)54-5/h13-18,23,25-26,33-34,39H,6-12,19-22,24H2,1-5H3,(H,44,51)(H,45,46)(H,47,48)(H,49,53)/t25-,26-,33?,34-,39-/m0/s1. The maximum atomic E-state index is 13.9. The zero-order valence-corrected chi connectivity index (χ0v) is 32.8. The lowest BCUT2D eigenvalue weighted by atomic mass is 9.93. The number of ether oxygens (including phenoxy) is 2. The summed E-state index contributed by atoms with van der Waals surface area (Å²) in [4.78, 5) is 53.4. The van der Waals surface area contributed by atoms with Crippen molar-refractivity contribution in [3.05, 3.63) is 65.0 Å². The van der Waals surface area contributed by atoms with Gasteiger partial charge in [-0.3, -0.25) is 14.6 Å². The van der Waals surface area contributed by atoms with E-state index < -0.39 is 12.1 Å². The molecule has 4 N–H and O–H groups in total. The number of carbonyl (C=O) groups excluding carboxylic acids is 3. The summed E-state index contributed by atoms with van der Waals surface area (Å²) < 4.78 is 11.4. The number of aromatic amines is 1. The van der Waals surface area contributed by atoms with Crippen LogP contribution in [0.1, 0.15) is 114 Å². The molecular formula is C43H55N7O5. The van der Waals surface area contributed by atoms with E-state index in [0.717, 1.165) is 113 Å². The van der Waals surface area contributed by atoms with Crippen LogP contribution in [-0.2, 0) is 20.7 Å². The van der Waals surface area contributed by atoms with E-state index in [1.807, 2.05) is 24.8 Å². The minimum Gasteiger partial charge on any atom is -0.457 e. The van der Waals surface area contributed by atoms with Crippen molar-refractivity contribution in [1.29, 1.82) is 0 Å². The van der Waals surface area contributed by atoms with Crippen LogP contribution >= 0.6 is 0 Å². The first-order chi connectivity index (χ1) is 26.7. The lowest BCUT2D eigenvalue weighted by Crippen LogP contribution is -2.51. The first-order valence-corrected chi connectivity index (χ1v) is 20.1. The summed E-state index contributed by atoms with van der Waals surface area (Å²) in [7, 11) is 1.31. The number of hydrogen-bond donors (Lipinski definition) is 4. The lowest BCUT2D eigenvalue weighted by molar-refractivity contribution is -0.135. The number of unbranched alkanes of at least 4 members (excludes halogenated alkanes) is 1. The molecule has 4 aromatic rings. The Labute approximate surface area is 323 Å². The minimum absolute atomic E-state index is 0.0497. The van der Waals surface area contributed by atoms with Crippen molar-refractivity contribution in [3.63, 3.8) is 0 Å². The van der Waals surface area contributed by atoms with Gasteiger partial charge in [-0.05, 0) is 78.3 Å². The van der Waals surface area contributed by atoms with Crippen molar-refractivity contribution >= 4 is 45.5 Å². The van der Waals surface area contributed by atoms with Crippen molar-refractivity contribution < 1.29 is 23.9 Å². The summed E-state index contributed by atoms with van der Waals surface area (Å²) in [5, 5.41) is 11.6. The van der Waals surface area contributed by atoms with Crippen LogP contribution in [-0.4, -0.2) is 71.4 Å². The summed E-state index contributed by atoms with van der Waals surface area (Å²) in [6.45, 7) is 10.2. The third-order valence-corrected chi connectivity index (χ3v) is 11.8. The van der Waals surface area contributed by atoms with Gasteiger partial charge in [0.1, 0.15) is 23.4 Å². The van der Waals surface area contributed by atoms with Gasteiger partial charge in [0.05, 0.1) is 42.6 Å². The molecule has 0 saturated carbocycles. The van der Waals surface area contributed by atoms with Gasteiger partial charge in [-0.15, -0.1) is 0 Å². The average molecular weight is 750 g/mol. The maximum Gasteiger partial charge on any atom is 0.407 e. The van der Waals surface area contributed by atoms with Gasteiger partial charge in [-0.2, -0.15) is 0 Å². The molecule has 0 radical (unpaired) electrons. The number of nitrogens with one attached hydrogen (secondary N) is 4. The third-order valence-electron chi connectivity index (χ3n) is 11.8. The second-order valence-electron chi connectivity index (χ2n) is 15.6. The van der Waals surface area contributed by atoms with E-state index in [2.05, 4.69) is 71.2 Å². The van der Waals surface area contributed by atoms with Gasteiger partial charge < -0.3 is 35.3 Å². The van der Waals surface area contributed by atoms with E-state index in [9.17, 15) is 14.4 Å². The number of benzene rings is 3. The van der Waals surface area contributed by atoms with E-state index in [0.29, 0.717) is 32.0 Å². The highest BCUT2D eigenvalue weighted by molar-refractivity contribution is 6.06. The molecule has 12 nitrogen and oxygen atoms in total. The van der Waals surface area contributed by atoms with Crippen LogP contribution in [0.5, 0.6) is 11.5 Å². The molecule has 1 aromatic heterocycles. The Hall–Kier alpha value is -5.13. The largest absolute Gasteiger partial charge is 0.457 e. The van der Waals surface area contributed by atoms with Crippen LogP contribution in [0.25, 0.3) is 21.8 Å². The van der Waals surface area contributed by atoms with Crippen molar-refractivity contribution in [1.82, 2.24) is 30.8 Å². The first-order valence-electron chi connectivity index (χ1n) is 20.1. The maximum absolute atomic E-state index is 13.9. The predicted octanol–water partition coefficient (Wildman–Crippen LogP) is 7.61. The van der Waals surface area contributed by atoms with Crippen LogP contribution in [0.4, 0.5) is 4.79 Å². The third kappa shape index (κ3) is 8.14. The number of rotatable bonds is 14. The van der Waals surface area contributed by atoms with Crippen molar-refractivity contribution in [2.24, 2.45) is 16.8 Å². The fourth-order valence-electron chi connectivity index (χ4n) is 8.09. The molecule has 5 atom stereocenters. The second kappa shape index (κ2) is 16.7. The molecule has 0 bridgehead atoms. The molecule has 1 fully saturated rings. The molecule has 3 amide bonds. The highest BCUT2D eigenvalue weighted by Crippen LogP contribution is 2.43. The average Bonchev–Trinajstić information content (AvgIpc) is 3.98. The number of nitrogens with zero attached hydrogens (tertiary/aromatic N) is 3. The van der Waals surface area contributed by atoms with Gasteiger partial charge in [-0.1, -0.05) is 58.7 Å². The Balaban J connectivity index is 1.01. The van der Waals surface area contributed by atoms with E-state index in [-0.39, 0.29) is 29.8 Å². The molecule has 0 aliphatic carbocycles. The molecule has 3 aliphatic rings. The van der Waals surface area contributed by atoms with E-state index in [1.165, 1.54) is 7.11 Å². The van der Waals surface area contributed by atoms with E-state index in [4.69, 9.17) is 19.5 Å². The summed E-state index contributed by atoms with van der Waals surface area (Å²) in [6, 6.07) is 14.1. The fourth-order valence-corrected chi connectivity index (χ4v) is 8.09. The Morgan fingerprint density at radius 3 is 2.67 bits per heavy atom. The van der Waals surface area contributed by atoms with Gasteiger partial charge in [0.25, 0.3) is 0 Å². The fraction of sp³-hybridized carbons (Fsp3) is 0.512. The quantitative estimate of drug-likeness (QED) is 0.0854. The minimum atomic E-state index is -0.671. The van der Waals surface area contributed by atoms with Gasteiger partial charge in [0, 0.05) is 43.3 Å². The van der Waals surface area contributed by atoms with Crippen LogP contribution in [0.3, 0.4) is 0 Å². The number of likely N-dealkylation sites (tertiary alicyclic amines) is 1. The number of amides is 3. The zero-order valence-electron chi connectivity index (χ0n) is 32.8. The molecule has 1 saturated heterocycles. The number of aliphatic imine (C=N–C) groups is 1. The number of methoxy groups -OCH3 is 1. The molecule has 4 heterocycles. The van der Waals surface area contributed by atoms with Crippen molar-refractivity contribution in [3.8, 4) is 11.5 Å². The summed E-state index contributed by atoms with van der Waals surface area (Å²) in [5.74, 6) is 3.92. The molecule has 55 heavy (non-hydrogen) atoms. The number of amidine groups is 1. The van der Waals surface area contributed by atoms with Gasteiger partial charge in [-0.25, -0.2) is 9.78 Å². The van der Waals surface area contributed by atoms with Gasteiger partial charge in [0.15, 0.2) is 0 Å². The highest BCUT2D eigenvalue weighted by Gasteiger charge is 2.38. The number of carbonyl (C=O) groups is 3. The predicted molar refractivity (Wildman–Crippen MR) is 215 cm³/mol. The first kappa shape index (κ1) is 38.2. The van der Waals surface area contributed by atoms with E-state index in [1.54, 1.807) is 0 Å². The molecule has 3 aliphatic heterocycles. The second-order valence-corrected chi connectivity index (χ2v) is 15.6. The number of alkyl carbamates (subject to hydrolysis) is 1. The topological polar surface area (TPSA) is 150 Å². The molecule has 7 rings (SSSR count). The molecule has 1 unspecified atom stereocenters. The zero-order chi connectivity index (χ0) is 38.6. The van der Waals surface area contributed by atoms with Crippen LogP contribution < -0.4 is 20.7 Å². The normalized spacial score (nSPS) is 19.1. The molecular weight excluding hydrogens is 695 g/mol. The summed E-state index contributed by atoms with van der Waals surface area (Å²) in [6.07, 6.45) is 6.92. The number of aromatic nitrogens is 2. The van der Waals surface area contributed by atoms with Crippen molar-refractivity contribution in [2.45, 2.75) is 104 Å². The van der Waals surface area contributed by atoms with E-state index >= 15 is 0 Å². The smallest absolute Gasteiger partial charge is 0.407 e. The number of fused-ring (bicyclic) bond motifs is 6. The van der Waals surface area contributed by atoms with Crippen LogP contribution in [0.15, 0.2) is 47.5 Å². The van der Waals surface area contributed by atoms with Crippen molar-refractivity contribution in [2.75, 3.05) is 26.7 Å². The monoisotopic (exact) mass is 749 g/mol. The summed E-state index contributed by atoms with van der Waals surface area (Å²) in [5.41, 5.74) is 5.21. The van der Waals surface area contributed by atoms with Crippen LogP contribution in [0, 0.1) is 11.8 Å². The SMILES string of the molecule is CC[C@H](C)CC(=O)NCCCCC1=NCC(c2ccc3c(c2)Oc2ccc4c(ccc5[nH]c([C@@H]6CCCN6C(=O)[C@@H](NC(=O)OC)[C@@H](C)CC)nc54)c2C3)N1. The number of H-pyrrole nitrogens is 1. The molecule has 0 spiro atoms. The molecule has 12 heteroatoms. The summed E-state index contributed by atoms with van der Waals surface area (Å²) >= 11 is 0. The van der Waals surface area contributed by atoms with Gasteiger partial charge >= 0.3 is 6.09 Å². The van der Waals surface area contributed by atoms with Crippen LogP contribution in [0.2, 0.25) is 0 Å². The Kier molecular flexibility index (Phi) is 11.6. The Bertz CT molecular complexity index is 2090. The highest BCUT2D eigenvalue weighted by atomic mass is 16.5. The Morgan fingerprint density at radius 1 is 1.04 bits per heavy atom. The lowest BCUT2D eigenvalue weighted by Gasteiger charge is -2.30. The number of hydrogen-bond acceptors (Lipinski definition) is 8. The number of imidazole rings is 1. The Morgan fingerprint density at radius 2 is 1.87 bits per heavy atom. The molecule has 3 aromatic carbocycles. The molecule has 292 valence electrons. The van der Waals surface area contributed by atoms with Gasteiger partial charge in [0.2, 0.25) is 11.8 Å².